The molecule has 0 radical (unpaired) electrons. The molecule has 16 heavy (non-hydrogen) atoms. The van der Waals surface area contributed by atoms with Gasteiger partial charge in [0.05, 0.1) is 0 Å². The van der Waals surface area contributed by atoms with Gasteiger partial charge in [-0.3, -0.25) is 9.69 Å². The van der Waals surface area contributed by atoms with E-state index in [2.05, 4.69) is 18.7 Å². The molecule has 4 nitrogen and oxygen atoms in total. The Morgan fingerprint density at radius 3 is 2.19 bits per heavy atom. The maximum atomic E-state index is 12.1. The first-order valence-electron chi connectivity index (χ1n) is 6.44. The van der Waals surface area contributed by atoms with Crippen molar-refractivity contribution in [3.63, 3.8) is 0 Å². The molecule has 94 valence electrons. The fourth-order valence-corrected chi connectivity index (χ4v) is 2.27. The number of piperazine rings is 1. The van der Waals surface area contributed by atoms with E-state index < -0.39 is 0 Å². The first-order chi connectivity index (χ1) is 7.72. The fraction of sp³-hybridized carbons (Fsp3) is 0.917. The Bertz CT molecular complexity index is 208. The van der Waals surface area contributed by atoms with Crippen LogP contribution in [0.4, 0.5) is 0 Å². The molecule has 0 atom stereocenters. The second-order valence-corrected chi connectivity index (χ2v) is 4.47. The van der Waals surface area contributed by atoms with Gasteiger partial charge >= 0.3 is 0 Å². The third-order valence-corrected chi connectivity index (χ3v) is 3.46. The molecule has 1 saturated heterocycles. The van der Waals surface area contributed by atoms with Crippen molar-refractivity contribution in [2.75, 3.05) is 39.3 Å². The van der Waals surface area contributed by atoms with Crippen molar-refractivity contribution in [1.82, 2.24) is 9.80 Å². The summed E-state index contributed by atoms with van der Waals surface area (Å²) in [4.78, 5) is 16.5. The molecule has 0 aromatic rings. The lowest BCUT2D eigenvalue weighted by Gasteiger charge is -2.36. The molecule has 2 N–H and O–H groups in total. The summed E-state index contributed by atoms with van der Waals surface area (Å²) in [5.41, 5.74) is 5.52. The predicted octanol–water partition coefficient (Wildman–Crippen LogP) is 0.526. The van der Waals surface area contributed by atoms with E-state index >= 15 is 0 Å². The highest BCUT2D eigenvalue weighted by Gasteiger charge is 2.24. The van der Waals surface area contributed by atoms with Gasteiger partial charge in [-0.2, -0.15) is 0 Å². The fourth-order valence-electron chi connectivity index (χ4n) is 2.27. The number of amides is 1. The zero-order valence-electron chi connectivity index (χ0n) is 10.6. The van der Waals surface area contributed by atoms with Crippen LogP contribution in [-0.4, -0.2) is 55.0 Å². The van der Waals surface area contributed by atoms with Crippen molar-refractivity contribution in [1.29, 1.82) is 0 Å². The Kier molecular flexibility index (Phi) is 5.77. The lowest BCUT2D eigenvalue weighted by Crippen LogP contribution is -2.51. The van der Waals surface area contributed by atoms with E-state index in [1.165, 1.54) is 0 Å². The van der Waals surface area contributed by atoms with Crippen LogP contribution < -0.4 is 5.73 Å². The minimum absolute atomic E-state index is 0.223. The predicted molar refractivity (Wildman–Crippen MR) is 66.1 cm³/mol. The van der Waals surface area contributed by atoms with Gasteiger partial charge in [0.25, 0.3) is 0 Å². The standard InChI is InChI=1S/C12H25N3O/c1-3-11(4-2)12(16)15-9-7-14(6-5-13)8-10-15/h11H,3-10,13H2,1-2H3. The summed E-state index contributed by atoms with van der Waals surface area (Å²) in [5, 5.41) is 0. The van der Waals surface area contributed by atoms with Crippen molar-refractivity contribution in [3.8, 4) is 0 Å². The van der Waals surface area contributed by atoms with E-state index in [0.29, 0.717) is 12.5 Å². The van der Waals surface area contributed by atoms with Crippen LogP contribution in [0.1, 0.15) is 26.7 Å². The van der Waals surface area contributed by atoms with Crippen molar-refractivity contribution in [2.24, 2.45) is 11.7 Å². The molecule has 1 amide bonds. The highest BCUT2D eigenvalue weighted by Crippen LogP contribution is 2.13. The van der Waals surface area contributed by atoms with Gasteiger partial charge in [-0.25, -0.2) is 0 Å². The molecule has 0 aromatic carbocycles. The number of carbonyl (C=O) groups is 1. The molecular weight excluding hydrogens is 202 g/mol. The number of nitrogens with zero attached hydrogens (tertiary/aromatic N) is 2. The number of hydrogen-bond acceptors (Lipinski definition) is 3. The summed E-state index contributed by atoms with van der Waals surface area (Å²) in [5.74, 6) is 0.568. The summed E-state index contributed by atoms with van der Waals surface area (Å²) >= 11 is 0. The van der Waals surface area contributed by atoms with E-state index in [1.54, 1.807) is 0 Å². The topological polar surface area (TPSA) is 49.6 Å². The number of nitrogens with two attached hydrogens (primary N) is 1. The molecular formula is C12H25N3O. The normalized spacial score (nSPS) is 18.1. The van der Waals surface area contributed by atoms with Crippen LogP contribution in [-0.2, 0) is 4.79 Å². The van der Waals surface area contributed by atoms with Crippen LogP contribution in [0, 0.1) is 5.92 Å². The van der Waals surface area contributed by atoms with Gasteiger partial charge in [-0.15, -0.1) is 0 Å². The lowest BCUT2D eigenvalue weighted by molar-refractivity contribution is -0.137. The summed E-state index contributed by atoms with van der Waals surface area (Å²) in [7, 11) is 0. The van der Waals surface area contributed by atoms with Crippen molar-refractivity contribution >= 4 is 5.91 Å². The van der Waals surface area contributed by atoms with Crippen LogP contribution in [0.25, 0.3) is 0 Å². The van der Waals surface area contributed by atoms with Crippen LogP contribution >= 0.6 is 0 Å². The summed E-state index contributed by atoms with van der Waals surface area (Å²) in [6.45, 7) is 9.54. The Labute approximate surface area is 98.8 Å². The third-order valence-electron chi connectivity index (χ3n) is 3.46. The van der Waals surface area contributed by atoms with Crippen LogP contribution in [0.3, 0.4) is 0 Å². The van der Waals surface area contributed by atoms with Crippen LogP contribution in [0.2, 0.25) is 0 Å². The number of carbonyl (C=O) groups excluding carboxylic acids is 1. The molecule has 1 heterocycles. The highest BCUT2D eigenvalue weighted by atomic mass is 16.2. The minimum Gasteiger partial charge on any atom is -0.340 e. The van der Waals surface area contributed by atoms with Gasteiger partial charge in [-0.1, -0.05) is 13.8 Å². The van der Waals surface area contributed by atoms with Crippen molar-refractivity contribution < 1.29 is 4.79 Å². The molecule has 1 aliphatic rings. The molecule has 1 aliphatic heterocycles. The number of hydrogen-bond donors (Lipinski definition) is 1. The first kappa shape index (κ1) is 13.5. The molecule has 1 fully saturated rings. The van der Waals surface area contributed by atoms with Gasteiger partial charge < -0.3 is 10.6 Å². The van der Waals surface area contributed by atoms with Crippen LogP contribution in [0.15, 0.2) is 0 Å². The van der Waals surface area contributed by atoms with Crippen molar-refractivity contribution in [3.05, 3.63) is 0 Å². The SMILES string of the molecule is CCC(CC)C(=O)N1CCN(CCN)CC1. The zero-order chi connectivity index (χ0) is 12.0. The zero-order valence-corrected chi connectivity index (χ0v) is 10.6. The maximum absolute atomic E-state index is 12.1. The Morgan fingerprint density at radius 2 is 1.75 bits per heavy atom. The molecule has 0 saturated carbocycles. The third kappa shape index (κ3) is 3.46. The summed E-state index contributed by atoms with van der Waals surface area (Å²) in [6, 6.07) is 0. The van der Waals surface area contributed by atoms with E-state index in [4.69, 9.17) is 5.73 Å². The molecule has 0 unspecified atom stereocenters. The average molecular weight is 227 g/mol. The van der Waals surface area contributed by atoms with E-state index in [9.17, 15) is 4.79 Å². The Balaban J connectivity index is 2.38. The second-order valence-electron chi connectivity index (χ2n) is 4.47. The van der Waals surface area contributed by atoms with Gasteiger partial charge in [0, 0.05) is 45.2 Å². The minimum atomic E-state index is 0.223. The quantitative estimate of drug-likeness (QED) is 0.745. The van der Waals surface area contributed by atoms with Crippen LogP contribution in [0.5, 0.6) is 0 Å². The van der Waals surface area contributed by atoms with Gasteiger partial charge in [0.15, 0.2) is 0 Å². The van der Waals surface area contributed by atoms with Gasteiger partial charge in [0.2, 0.25) is 5.91 Å². The summed E-state index contributed by atoms with van der Waals surface area (Å²) in [6.07, 6.45) is 1.91. The monoisotopic (exact) mass is 227 g/mol. The van der Waals surface area contributed by atoms with Gasteiger partial charge in [0.1, 0.15) is 0 Å². The molecule has 0 spiro atoms. The maximum Gasteiger partial charge on any atom is 0.225 e. The molecule has 0 aliphatic carbocycles. The Morgan fingerprint density at radius 1 is 1.19 bits per heavy atom. The smallest absolute Gasteiger partial charge is 0.225 e. The largest absolute Gasteiger partial charge is 0.340 e. The second kappa shape index (κ2) is 6.86. The molecule has 0 bridgehead atoms. The van der Waals surface area contributed by atoms with Crippen molar-refractivity contribution in [2.45, 2.75) is 26.7 Å². The molecule has 0 aromatic heterocycles. The Hall–Kier alpha value is -0.610. The van der Waals surface area contributed by atoms with E-state index in [1.807, 2.05) is 4.90 Å². The summed E-state index contributed by atoms with van der Waals surface area (Å²) < 4.78 is 0. The first-order valence-corrected chi connectivity index (χ1v) is 6.44. The molecule has 1 rings (SSSR count). The number of rotatable bonds is 5. The highest BCUT2D eigenvalue weighted by molar-refractivity contribution is 5.78. The molecule has 4 heteroatoms. The van der Waals surface area contributed by atoms with E-state index in [0.717, 1.165) is 45.6 Å². The van der Waals surface area contributed by atoms with Gasteiger partial charge in [-0.05, 0) is 12.8 Å². The van der Waals surface area contributed by atoms with E-state index in [-0.39, 0.29) is 5.92 Å². The lowest BCUT2D eigenvalue weighted by atomic mass is 10.0. The average Bonchev–Trinajstić information content (AvgIpc) is 2.32.